The van der Waals surface area contributed by atoms with Crippen LogP contribution in [0.1, 0.15) is 15.9 Å². The van der Waals surface area contributed by atoms with Gasteiger partial charge in [-0.25, -0.2) is 4.39 Å². The van der Waals surface area contributed by atoms with E-state index >= 15 is 0 Å². The first-order valence-corrected chi connectivity index (χ1v) is 6.47. The Labute approximate surface area is 118 Å². The van der Waals surface area contributed by atoms with Crippen molar-refractivity contribution in [3.8, 4) is 0 Å². The van der Waals surface area contributed by atoms with E-state index in [1.54, 1.807) is 36.4 Å². The van der Waals surface area contributed by atoms with Crippen molar-refractivity contribution < 1.29 is 9.18 Å². The molecule has 0 aromatic heterocycles. The SMILES string of the molecule is O=C(Cc1ccccc1Cl)c1c(F)cccc1Br. The van der Waals surface area contributed by atoms with Crippen LogP contribution in [-0.4, -0.2) is 5.78 Å². The Balaban J connectivity index is 2.31. The molecule has 0 aliphatic rings. The Morgan fingerprint density at radius 3 is 2.56 bits per heavy atom. The van der Waals surface area contributed by atoms with Gasteiger partial charge >= 0.3 is 0 Å². The minimum atomic E-state index is -0.526. The fourth-order valence-corrected chi connectivity index (χ4v) is 2.43. The van der Waals surface area contributed by atoms with Crippen molar-refractivity contribution in [2.45, 2.75) is 6.42 Å². The minimum absolute atomic E-state index is 0.0671. The quantitative estimate of drug-likeness (QED) is 0.749. The summed E-state index contributed by atoms with van der Waals surface area (Å²) >= 11 is 9.16. The highest BCUT2D eigenvalue weighted by Crippen LogP contribution is 2.23. The molecule has 0 spiro atoms. The molecule has 0 unspecified atom stereocenters. The highest BCUT2D eigenvalue weighted by molar-refractivity contribution is 9.10. The van der Waals surface area contributed by atoms with Crippen molar-refractivity contribution in [3.63, 3.8) is 0 Å². The Morgan fingerprint density at radius 2 is 1.89 bits per heavy atom. The zero-order valence-corrected chi connectivity index (χ0v) is 11.6. The lowest BCUT2D eigenvalue weighted by Gasteiger charge is -2.06. The summed E-state index contributed by atoms with van der Waals surface area (Å²) in [4.78, 5) is 12.1. The van der Waals surface area contributed by atoms with Crippen LogP contribution in [0.4, 0.5) is 4.39 Å². The fourth-order valence-electron chi connectivity index (χ4n) is 1.67. The van der Waals surface area contributed by atoms with Crippen molar-refractivity contribution in [3.05, 3.63) is 68.9 Å². The molecule has 2 aromatic rings. The van der Waals surface area contributed by atoms with Crippen LogP contribution in [-0.2, 0) is 6.42 Å². The van der Waals surface area contributed by atoms with E-state index in [1.165, 1.54) is 6.07 Å². The van der Waals surface area contributed by atoms with Crippen LogP contribution in [0.2, 0.25) is 5.02 Å². The van der Waals surface area contributed by atoms with Crippen LogP contribution in [0, 0.1) is 5.82 Å². The number of rotatable bonds is 3. The van der Waals surface area contributed by atoms with E-state index in [0.29, 0.717) is 15.1 Å². The smallest absolute Gasteiger partial charge is 0.171 e. The maximum atomic E-state index is 13.6. The maximum Gasteiger partial charge on any atom is 0.171 e. The maximum absolute atomic E-state index is 13.6. The van der Waals surface area contributed by atoms with Gasteiger partial charge in [0.1, 0.15) is 5.82 Å². The first-order chi connectivity index (χ1) is 8.59. The van der Waals surface area contributed by atoms with Crippen LogP contribution in [0.15, 0.2) is 46.9 Å². The Bertz CT molecular complexity index is 578. The average molecular weight is 328 g/mol. The van der Waals surface area contributed by atoms with Crippen LogP contribution >= 0.6 is 27.5 Å². The molecular weight excluding hydrogens is 319 g/mol. The molecule has 0 saturated heterocycles. The molecule has 18 heavy (non-hydrogen) atoms. The van der Waals surface area contributed by atoms with Gasteiger partial charge in [0.15, 0.2) is 5.78 Å². The van der Waals surface area contributed by atoms with Gasteiger partial charge in [0, 0.05) is 15.9 Å². The third-order valence-corrected chi connectivity index (χ3v) is 3.58. The number of ketones is 1. The molecule has 0 aliphatic carbocycles. The molecule has 0 heterocycles. The third-order valence-electron chi connectivity index (χ3n) is 2.55. The van der Waals surface area contributed by atoms with E-state index in [9.17, 15) is 9.18 Å². The van der Waals surface area contributed by atoms with Crippen molar-refractivity contribution in [2.75, 3.05) is 0 Å². The second-order valence-corrected chi connectivity index (χ2v) is 5.05. The van der Waals surface area contributed by atoms with E-state index in [0.717, 1.165) is 0 Å². The van der Waals surface area contributed by atoms with Gasteiger partial charge in [-0.15, -0.1) is 0 Å². The van der Waals surface area contributed by atoms with Gasteiger partial charge < -0.3 is 0 Å². The topological polar surface area (TPSA) is 17.1 Å². The molecule has 0 aliphatic heterocycles. The summed E-state index contributed by atoms with van der Waals surface area (Å²) in [5.74, 6) is -0.825. The highest BCUT2D eigenvalue weighted by Gasteiger charge is 2.16. The normalized spacial score (nSPS) is 10.4. The van der Waals surface area contributed by atoms with Gasteiger partial charge in [0.05, 0.1) is 5.56 Å². The number of Topliss-reactive ketones (excluding diaryl/α,β-unsaturated/α-hetero) is 1. The monoisotopic (exact) mass is 326 g/mol. The van der Waals surface area contributed by atoms with Crippen molar-refractivity contribution >= 4 is 33.3 Å². The molecule has 0 atom stereocenters. The molecule has 0 N–H and O–H groups in total. The molecule has 0 saturated carbocycles. The molecule has 4 heteroatoms. The lowest BCUT2D eigenvalue weighted by atomic mass is 10.0. The summed E-state index contributed by atoms with van der Waals surface area (Å²) in [5, 5.41) is 0.512. The summed E-state index contributed by atoms with van der Waals surface area (Å²) < 4.78 is 14.1. The Kier molecular flexibility index (Phi) is 4.15. The molecule has 92 valence electrons. The zero-order chi connectivity index (χ0) is 13.1. The molecule has 0 bridgehead atoms. The van der Waals surface area contributed by atoms with E-state index in [1.807, 2.05) is 0 Å². The summed E-state index contributed by atoms with van der Waals surface area (Å²) in [5.41, 5.74) is 0.761. The van der Waals surface area contributed by atoms with E-state index in [-0.39, 0.29) is 17.8 Å². The van der Waals surface area contributed by atoms with Crippen LogP contribution in [0.3, 0.4) is 0 Å². The van der Waals surface area contributed by atoms with Gasteiger partial charge in [0.2, 0.25) is 0 Å². The van der Waals surface area contributed by atoms with Gasteiger partial charge in [-0.3, -0.25) is 4.79 Å². The predicted molar refractivity (Wildman–Crippen MR) is 73.6 cm³/mol. The number of carbonyl (C=O) groups excluding carboxylic acids is 1. The summed E-state index contributed by atoms with van der Waals surface area (Å²) in [6.07, 6.45) is 0.0825. The van der Waals surface area contributed by atoms with Crippen molar-refractivity contribution in [2.24, 2.45) is 0 Å². The van der Waals surface area contributed by atoms with Crippen molar-refractivity contribution in [1.29, 1.82) is 0 Å². The van der Waals surface area contributed by atoms with E-state index < -0.39 is 5.82 Å². The number of hydrogen-bond acceptors (Lipinski definition) is 1. The summed E-state index contributed by atoms with van der Waals surface area (Å²) in [6, 6.07) is 11.5. The highest BCUT2D eigenvalue weighted by atomic mass is 79.9. The second kappa shape index (κ2) is 5.63. The number of hydrogen-bond donors (Lipinski definition) is 0. The zero-order valence-electron chi connectivity index (χ0n) is 9.29. The summed E-state index contributed by atoms with van der Waals surface area (Å²) in [7, 11) is 0. The average Bonchev–Trinajstić information content (AvgIpc) is 2.32. The Morgan fingerprint density at radius 1 is 1.17 bits per heavy atom. The van der Waals surface area contributed by atoms with E-state index in [4.69, 9.17) is 11.6 Å². The molecule has 1 nitrogen and oxygen atoms in total. The first-order valence-electron chi connectivity index (χ1n) is 5.30. The van der Waals surface area contributed by atoms with Gasteiger partial charge in [-0.1, -0.05) is 35.9 Å². The Hall–Kier alpha value is -1.19. The van der Waals surface area contributed by atoms with E-state index in [2.05, 4.69) is 15.9 Å². The van der Waals surface area contributed by atoms with Gasteiger partial charge in [0.25, 0.3) is 0 Å². The van der Waals surface area contributed by atoms with Gasteiger partial charge in [-0.2, -0.15) is 0 Å². The largest absolute Gasteiger partial charge is 0.294 e. The lowest BCUT2D eigenvalue weighted by molar-refractivity contribution is 0.0988. The molecular formula is C14H9BrClFO. The molecule has 0 amide bonds. The minimum Gasteiger partial charge on any atom is -0.294 e. The lowest BCUT2D eigenvalue weighted by Crippen LogP contribution is -2.07. The molecule has 0 radical (unpaired) electrons. The van der Waals surface area contributed by atoms with Crippen LogP contribution < -0.4 is 0 Å². The number of benzene rings is 2. The number of halogens is 3. The standard InChI is InChI=1S/C14H9BrClFO/c15-10-5-3-7-12(17)14(10)13(18)8-9-4-1-2-6-11(9)16/h1-7H,8H2. The molecule has 0 fully saturated rings. The fraction of sp³-hybridized carbons (Fsp3) is 0.0714. The molecule has 2 rings (SSSR count). The summed E-state index contributed by atoms with van der Waals surface area (Å²) in [6.45, 7) is 0. The van der Waals surface area contributed by atoms with Crippen molar-refractivity contribution in [1.82, 2.24) is 0 Å². The van der Waals surface area contributed by atoms with Crippen LogP contribution in [0.25, 0.3) is 0 Å². The number of carbonyl (C=O) groups is 1. The van der Waals surface area contributed by atoms with Crippen LogP contribution in [0.5, 0.6) is 0 Å². The van der Waals surface area contributed by atoms with Gasteiger partial charge in [-0.05, 0) is 39.7 Å². The first kappa shape index (κ1) is 13.2. The second-order valence-electron chi connectivity index (χ2n) is 3.79. The third kappa shape index (κ3) is 2.79. The molecule has 2 aromatic carbocycles. The predicted octanol–water partition coefficient (Wildman–Crippen LogP) is 4.67.